The molecule has 0 spiro atoms. The number of nitrogen functional groups attached to an aromatic ring is 1. The van der Waals surface area contributed by atoms with Crippen LogP contribution in [0.2, 0.25) is 0 Å². The summed E-state index contributed by atoms with van der Waals surface area (Å²) in [5, 5.41) is 2.73. The lowest BCUT2D eigenvalue weighted by Gasteiger charge is -2.16. The number of aromatic nitrogens is 2. The zero-order valence-corrected chi connectivity index (χ0v) is 19.4. The molecule has 0 aliphatic carbocycles. The predicted octanol–water partition coefficient (Wildman–Crippen LogP) is 2.67. The highest BCUT2D eigenvalue weighted by Gasteiger charge is 2.18. The Balaban J connectivity index is 1.85. The van der Waals surface area contributed by atoms with Gasteiger partial charge in [0.1, 0.15) is 18.1 Å². The van der Waals surface area contributed by atoms with E-state index in [0.29, 0.717) is 34.9 Å². The number of carbonyl (C=O) groups is 1. The SMILES string of the molecule is CCCc1ccc(NS(=O)(=O)Cc2ccccc2)c(=O)n1CC(=O)Nc1ccc(N)nc1C. The number of amides is 1. The van der Waals surface area contributed by atoms with Crippen LogP contribution in [0.5, 0.6) is 0 Å². The van der Waals surface area contributed by atoms with Gasteiger partial charge in [-0.05, 0) is 43.2 Å². The molecule has 0 atom stereocenters. The Hall–Kier alpha value is -3.66. The van der Waals surface area contributed by atoms with Crippen molar-refractivity contribution in [2.24, 2.45) is 0 Å². The van der Waals surface area contributed by atoms with Crippen molar-refractivity contribution in [1.29, 1.82) is 0 Å². The molecular weight excluding hydrogens is 442 g/mol. The highest BCUT2D eigenvalue weighted by Crippen LogP contribution is 2.15. The van der Waals surface area contributed by atoms with Crippen molar-refractivity contribution in [1.82, 2.24) is 9.55 Å². The summed E-state index contributed by atoms with van der Waals surface area (Å²) in [4.78, 5) is 29.9. The standard InChI is InChI=1S/C23H27N5O4S/c1-3-7-18-10-11-20(27-33(31,32)15-17-8-5-4-6-9-17)23(30)28(18)14-22(29)26-19-12-13-21(24)25-16(19)2/h4-6,8-13,27H,3,7,14-15H2,1-2H3,(H2,24,25)(H,26,29). The molecule has 0 saturated carbocycles. The number of hydrogen-bond acceptors (Lipinski definition) is 6. The minimum atomic E-state index is -3.82. The van der Waals surface area contributed by atoms with Crippen LogP contribution in [0.15, 0.2) is 59.4 Å². The van der Waals surface area contributed by atoms with Crippen molar-refractivity contribution in [3.05, 3.63) is 81.9 Å². The van der Waals surface area contributed by atoms with Crippen LogP contribution in [0.3, 0.4) is 0 Å². The third-order valence-corrected chi connectivity index (χ3v) is 6.16. The van der Waals surface area contributed by atoms with Crippen LogP contribution in [0, 0.1) is 6.92 Å². The summed E-state index contributed by atoms with van der Waals surface area (Å²) in [6, 6.07) is 15.0. The van der Waals surface area contributed by atoms with E-state index in [1.54, 1.807) is 55.5 Å². The monoisotopic (exact) mass is 469 g/mol. The molecule has 1 amide bonds. The molecule has 2 heterocycles. The lowest BCUT2D eigenvalue weighted by Crippen LogP contribution is -2.32. The number of benzene rings is 1. The van der Waals surface area contributed by atoms with Gasteiger partial charge in [-0.1, -0.05) is 43.7 Å². The van der Waals surface area contributed by atoms with Crippen LogP contribution in [-0.4, -0.2) is 23.9 Å². The molecular formula is C23H27N5O4S. The number of pyridine rings is 2. The summed E-state index contributed by atoms with van der Waals surface area (Å²) in [6.07, 6.45) is 1.31. The molecule has 1 aromatic carbocycles. The molecule has 10 heteroatoms. The van der Waals surface area contributed by atoms with E-state index < -0.39 is 21.5 Å². The highest BCUT2D eigenvalue weighted by atomic mass is 32.2. The molecule has 0 unspecified atom stereocenters. The number of sulfonamides is 1. The summed E-state index contributed by atoms with van der Waals surface area (Å²) >= 11 is 0. The van der Waals surface area contributed by atoms with Gasteiger partial charge in [-0.3, -0.25) is 14.3 Å². The maximum atomic E-state index is 13.1. The Morgan fingerprint density at radius 3 is 2.42 bits per heavy atom. The average Bonchev–Trinajstić information content (AvgIpc) is 2.75. The number of aryl methyl sites for hydroxylation is 2. The summed E-state index contributed by atoms with van der Waals surface area (Å²) < 4.78 is 28.9. The van der Waals surface area contributed by atoms with E-state index >= 15 is 0 Å². The van der Waals surface area contributed by atoms with Crippen LogP contribution in [0.4, 0.5) is 17.2 Å². The van der Waals surface area contributed by atoms with Gasteiger partial charge >= 0.3 is 0 Å². The van der Waals surface area contributed by atoms with Gasteiger partial charge in [-0.25, -0.2) is 13.4 Å². The van der Waals surface area contributed by atoms with Crippen molar-refractivity contribution in [3.8, 4) is 0 Å². The van der Waals surface area contributed by atoms with Crippen LogP contribution >= 0.6 is 0 Å². The average molecular weight is 470 g/mol. The van der Waals surface area contributed by atoms with Crippen molar-refractivity contribution in [3.63, 3.8) is 0 Å². The quantitative estimate of drug-likeness (QED) is 0.441. The number of anilines is 3. The van der Waals surface area contributed by atoms with Crippen LogP contribution in [-0.2, 0) is 33.5 Å². The van der Waals surface area contributed by atoms with Gasteiger partial charge in [0.15, 0.2) is 0 Å². The highest BCUT2D eigenvalue weighted by molar-refractivity contribution is 7.91. The van der Waals surface area contributed by atoms with Crippen LogP contribution < -0.4 is 21.3 Å². The molecule has 4 N–H and O–H groups in total. The molecule has 0 aliphatic heterocycles. The molecule has 0 bridgehead atoms. The normalized spacial score (nSPS) is 11.2. The first-order valence-corrected chi connectivity index (χ1v) is 12.1. The molecule has 33 heavy (non-hydrogen) atoms. The molecule has 0 radical (unpaired) electrons. The van der Waals surface area contributed by atoms with E-state index in [2.05, 4.69) is 15.0 Å². The first kappa shape index (κ1) is 24.0. The largest absolute Gasteiger partial charge is 0.384 e. The number of rotatable bonds is 9. The number of nitrogens with zero attached hydrogens (tertiary/aromatic N) is 2. The fraction of sp³-hybridized carbons (Fsp3) is 0.261. The third-order valence-electron chi connectivity index (χ3n) is 4.92. The Morgan fingerprint density at radius 2 is 1.76 bits per heavy atom. The molecule has 2 aromatic heterocycles. The predicted molar refractivity (Wildman–Crippen MR) is 129 cm³/mol. The smallest absolute Gasteiger partial charge is 0.275 e. The summed E-state index contributed by atoms with van der Waals surface area (Å²) in [5.41, 5.74) is 7.22. The second-order valence-electron chi connectivity index (χ2n) is 7.64. The molecule has 0 aliphatic rings. The lowest BCUT2D eigenvalue weighted by molar-refractivity contribution is -0.116. The molecule has 9 nitrogen and oxygen atoms in total. The summed E-state index contributed by atoms with van der Waals surface area (Å²) in [6.45, 7) is 3.39. The van der Waals surface area contributed by atoms with Crippen molar-refractivity contribution >= 4 is 33.1 Å². The number of nitrogens with two attached hydrogens (primary N) is 1. The zero-order valence-electron chi connectivity index (χ0n) is 18.5. The second kappa shape index (κ2) is 10.3. The minimum Gasteiger partial charge on any atom is -0.384 e. The fourth-order valence-electron chi connectivity index (χ4n) is 3.39. The second-order valence-corrected chi connectivity index (χ2v) is 9.37. The summed E-state index contributed by atoms with van der Waals surface area (Å²) in [5.74, 6) is -0.371. The fourth-order valence-corrected chi connectivity index (χ4v) is 4.58. The zero-order chi connectivity index (χ0) is 24.0. The van der Waals surface area contributed by atoms with Gasteiger partial charge in [0.05, 0.1) is 17.1 Å². The van der Waals surface area contributed by atoms with E-state index in [4.69, 9.17) is 5.73 Å². The van der Waals surface area contributed by atoms with Gasteiger partial charge in [0, 0.05) is 5.69 Å². The van der Waals surface area contributed by atoms with Gasteiger partial charge in [-0.15, -0.1) is 0 Å². The minimum absolute atomic E-state index is 0.107. The van der Waals surface area contributed by atoms with Gasteiger partial charge in [-0.2, -0.15) is 0 Å². The van der Waals surface area contributed by atoms with Crippen LogP contribution in [0.25, 0.3) is 0 Å². The van der Waals surface area contributed by atoms with E-state index in [1.165, 1.54) is 10.6 Å². The van der Waals surface area contributed by atoms with Crippen molar-refractivity contribution in [2.45, 2.75) is 39.0 Å². The maximum absolute atomic E-state index is 13.1. The topological polar surface area (TPSA) is 136 Å². The van der Waals surface area contributed by atoms with Gasteiger partial charge < -0.3 is 15.6 Å². The third kappa shape index (κ3) is 6.42. The molecule has 0 fully saturated rings. The van der Waals surface area contributed by atoms with Crippen LogP contribution in [0.1, 0.15) is 30.3 Å². The van der Waals surface area contributed by atoms with E-state index in [9.17, 15) is 18.0 Å². The van der Waals surface area contributed by atoms with Gasteiger partial charge in [0.25, 0.3) is 5.56 Å². The lowest BCUT2D eigenvalue weighted by atomic mass is 10.2. The Kier molecular flexibility index (Phi) is 7.49. The maximum Gasteiger partial charge on any atom is 0.275 e. The Bertz CT molecular complexity index is 1300. The number of hydrogen-bond donors (Lipinski definition) is 3. The molecule has 174 valence electrons. The molecule has 3 aromatic rings. The summed E-state index contributed by atoms with van der Waals surface area (Å²) in [7, 11) is -3.82. The van der Waals surface area contributed by atoms with E-state index in [-0.39, 0.29) is 18.0 Å². The number of nitrogens with one attached hydrogen (secondary N) is 2. The van der Waals surface area contributed by atoms with Crippen molar-refractivity contribution < 1.29 is 13.2 Å². The first-order chi connectivity index (χ1) is 15.7. The first-order valence-electron chi connectivity index (χ1n) is 10.5. The van der Waals surface area contributed by atoms with E-state index in [1.807, 2.05) is 6.92 Å². The molecule has 0 saturated heterocycles. The van der Waals surface area contributed by atoms with E-state index in [0.717, 1.165) is 6.42 Å². The van der Waals surface area contributed by atoms with Gasteiger partial charge in [0.2, 0.25) is 15.9 Å². The number of carbonyl (C=O) groups excluding carboxylic acids is 1. The molecule has 3 rings (SSSR count). The Labute approximate surface area is 192 Å². The van der Waals surface area contributed by atoms with Crippen molar-refractivity contribution in [2.75, 3.05) is 15.8 Å². The Morgan fingerprint density at radius 1 is 1.06 bits per heavy atom.